The van der Waals surface area contributed by atoms with E-state index < -0.39 is 60.6 Å². The zero-order valence-electron chi connectivity index (χ0n) is 33.9. The summed E-state index contributed by atoms with van der Waals surface area (Å²) in [6.07, 6.45) is 2.39. The molecule has 63 heavy (non-hydrogen) atoms. The first-order valence-corrected chi connectivity index (χ1v) is 20.1. The van der Waals surface area contributed by atoms with Crippen LogP contribution in [0, 0.1) is 0 Å². The van der Waals surface area contributed by atoms with Gasteiger partial charge in [-0.25, -0.2) is 19.0 Å². The number of ether oxygens (including phenoxy) is 4. The predicted octanol–water partition coefficient (Wildman–Crippen LogP) is 3.50. The van der Waals surface area contributed by atoms with Crippen molar-refractivity contribution in [2.75, 3.05) is 20.8 Å². The van der Waals surface area contributed by atoms with E-state index in [4.69, 9.17) is 35.7 Å². The van der Waals surface area contributed by atoms with Gasteiger partial charge in [0.2, 0.25) is 10.9 Å². The number of halogens is 1. The molecule has 4 aromatic heterocycles. The highest BCUT2D eigenvalue weighted by Crippen LogP contribution is 2.44. The Morgan fingerprint density at radius 1 is 0.619 bits per heavy atom. The summed E-state index contributed by atoms with van der Waals surface area (Å²) in [5, 5.41) is 48.7. The third kappa shape index (κ3) is 9.13. The van der Waals surface area contributed by atoms with E-state index in [0.29, 0.717) is 6.42 Å². The lowest BCUT2D eigenvalue weighted by molar-refractivity contribution is -0.0610. The molecule has 3 aromatic carbocycles. The van der Waals surface area contributed by atoms with E-state index in [9.17, 15) is 30.0 Å². The Labute approximate surface area is 367 Å². The van der Waals surface area contributed by atoms with Crippen molar-refractivity contribution >= 4 is 22.9 Å². The van der Waals surface area contributed by atoms with Gasteiger partial charge in [0.1, 0.15) is 46.9 Å². The monoisotopic (exact) mass is 886 g/mol. The fourth-order valence-electron chi connectivity index (χ4n) is 7.51. The van der Waals surface area contributed by atoms with Gasteiger partial charge in [0.25, 0.3) is 0 Å². The number of methoxy groups -OCH3 is 2. The molecule has 8 atom stereocenters. The van der Waals surface area contributed by atoms with Crippen molar-refractivity contribution in [2.45, 2.75) is 74.7 Å². The summed E-state index contributed by atoms with van der Waals surface area (Å²) in [5.74, 6) is 1.61. The lowest BCUT2D eigenvalue weighted by Crippen LogP contribution is -2.34. The normalized spacial score (nSPS) is 23.0. The zero-order valence-corrected chi connectivity index (χ0v) is 34.7. The maximum Gasteiger partial charge on any atom is 0.224 e. The van der Waals surface area contributed by atoms with Crippen molar-refractivity contribution in [3.63, 3.8) is 0 Å². The highest BCUT2D eigenvalue weighted by Gasteiger charge is 2.44. The molecule has 0 aliphatic carbocycles. The molecule has 2 aliphatic heterocycles. The van der Waals surface area contributed by atoms with Crippen LogP contribution >= 0.6 is 11.6 Å². The lowest BCUT2D eigenvalue weighted by Gasteiger charge is -2.29. The van der Waals surface area contributed by atoms with Gasteiger partial charge in [0.15, 0.2) is 23.8 Å². The van der Waals surface area contributed by atoms with Crippen molar-refractivity contribution in [2.24, 2.45) is 0 Å². The van der Waals surface area contributed by atoms with E-state index in [0.717, 1.165) is 28.2 Å². The Morgan fingerprint density at radius 3 is 1.41 bits per heavy atom. The topological polar surface area (TPSA) is 217 Å². The number of hydrogen-bond donors (Lipinski definition) is 5. The fraction of sp³-hybridized carbons (Fsp3) is 0.333. The highest BCUT2D eigenvalue weighted by atomic mass is 35.5. The molecule has 0 bridgehead atoms. The van der Waals surface area contributed by atoms with Gasteiger partial charge in [0.05, 0.1) is 26.9 Å². The lowest BCUT2D eigenvalue weighted by atomic mass is 9.84. The Balaban J connectivity index is 0.000000157. The molecule has 2 fully saturated rings. The Hall–Kier alpha value is -5.89. The largest absolute Gasteiger partial charge is 0.497 e. The summed E-state index contributed by atoms with van der Waals surface area (Å²) in [5.41, 5.74) is 2.98. The van der Waals surface area contributed by atoms with E-state index in [1.165, 1.54) is 50.6 Å². The van der Waals surface area contributed by atoms with Crippen molar-refractivity contribution in [3.8, 4) is 11.5 Å². The summed E-state index contributed by atoms with van der Waals surface area (Å²) >= 11 is 7.22. The van der Waals surface area contributed by atoms with Crippen LogP contribution in [-0.4, -0.2) is 111 Å². The van der Waals surface area contributed by atoms with Gasteiger partial charge in [-0.05, 0) is 47.4 Å². The summed E-state index contributed by atoms with van der Waals surface area (Å²) in [4.78, 5) is 30.3. The molecule has 5 N–H and O–H groups in total. The van der Waals surface area contributed by atoms with Crippen LogP contribution in [0.2, 0.25) is 0 Å². The number of alkyl halides is 1. The molecule has 6 heterocycles. The maximum atomic E-state index is 11.6. The van der Waals surface area contributed by atoms with Gasteiger partial charge in [-0.2, -0.15) is 0 Å². The molecule has 2 saturated heterocycles. The number of aliphatic hydroxyl groups excluding tert-OH is 5. The van der Waals surface area contributed by atoms with Crippen LogP contribution in [0.4, 0.5) is 0 Å². The second-order valence-corrected chi connectivity index (χ2v) is 15.0. The van der Waals surface area contributed by atoms with E-state index in [1.54, 1.807) is 31.3 Å². The third-order valence-corrected chi connectivity index (χ3v) is 11.5. The van der Waals surface area contributed by atoms with E-state index in [2.05, 4.69) is 9.97 Å². The molecule has 0 spiro atoms. The number of aromatic nitrogens is 6. The molecule has 18 heteroatoms. The number of aliphatic hydroxyl groups is 5. The Bertz CT molecular complexity index is 2510. The van der Waals surface area contributed by atoms with Gasteiger partial charge in [-0.15, -0.1) is 11.6 Å². The highest BCUT2D eigenvalue weighted by molar-refractivity contribution is 6.28. The van der Waals surface area contributed by atoms with Crippen LogP contribution < -0.4 is 20.3 Å². The first-order valence-electron chi connectivity index (χ1n) is 19.7. The van der Waals surface area contributed by atoms with Crippen molar-refractivity contribution in [1.29, 1.82) is 0 Å². The van der Waals surface area contributed by atoms with Gasteiger partial charge < -0.3 is 44.5 Å². The van der Waals surface area contributed by atoms with Crippen LogP contribution in [0.15, 0.2) is 138 Å². The molecule has 17 nitrogen and oxygen atoms in total. The summed E-state index contributed by atoms with van der Waals surface area (Å²) in [6, 6.07) is 28.5. The van der Waals surface area contributed by atoms with Gasteiger partial charge in [-0.1, -0.05) is 68.9 Å². The van der Waals surface area contributed by atoms with Crippen LogP contribution in [-0.2, 0) is 14.3 Å². The number of nitrogens with zero attached hydrogens (tertiary/aromatic N) is 6. The molecule has 0 unspecified atom stereocenters. The fourth-order valence-corrected chi connectivity index (χ4v) is 7.89. The van der Waals surface area contributed by atoms with Crippen LogP contribution in [0.1, 0.15) is 49.9 Å². The molecule has 0 saturated carbocycles. The van der Waals surface area contributed by atoms with E-state index >= 15 is 0 Å². The van der Waals surface area contributed by atoms with Crippen molar-refractivity contribution < 1.29 is 44.5 Å². The standard InChI is InChI=1S/C21H19ClO2.C12H15N3O4.C11H13N3O5.CH4/c1-23-19-12-8-17(9-13-19)21(22,16-6-4-3-5-7-16)18-10-14-20(24-2)15-11-18;1-2-8-9(17)10(18)12(19-8)15-5-3-7(16)11-13-4-6-14(11)15;15-5-7-8(17)9(18)11(19-7)14-3-1-6(16)10-12-2-4-13(10)14;/h3-15H,1-2H3;3-6,8-10,12,17-18H,2H2,1H3;1-4,7-9,11,15,17-18H,5H2;1H4/t;8-,9-,10-,12-;7-,8-,9-,11-;/m.11./s1. The third-order valence-electron chi connectivity index (χ3n) is 10.9. The molecule has 0 amide bonds. The van der Waals surface area contributed by atoms with Crippen molar-refractivity contribution in [3.05, 3.63) is 165 Å². The Kier molecular flexibility index (Phi) is 14.9. The second-order valence-electron chi connectivity index (χ2n) is 14.5. The molecule has 9 rings (SSSR count). The number of fused-ring (bicyclic) bond motifs is 2. The number of benzene rings is 3. The Morgan fingerprint density at radius 2 is 1.03 bits per heavy atom. The minimum absolute atomic E-state index is 0. The second kappa shape index (κ2) is 20.1. The zero-order chi connectivity index (χ0) is 44.1. The molecule has 2 aliphatic rings. The van der Waals surface area contributed by atoms with Gasteiger partial charge >= 0.3 is 0 Å². The number of imidazole rings is 2. The number of rotatable bonds is 9. The molecular formula is C45H51ClN6O11. The summed E-state index contributed by atoms with van der Waals surface area (Å²) < 4.78 is 27.5. The minimum atomic E-state index is -1.20. The predicted molar refractivity (Wildman–Crippen MR) is 233 cm³/mol. The maximum absolute atomic E-state index is 11.6. The van der Waals surface area contributed by atoms with Crippen LogP contribution in [0.5, 0.6) is 11.5 Å². The quantitative estimate of drug-likeness (QED) is 0.104. The van der Waals surface area contributed by atoms with Gasteiger partial charge in [0, 0.05) is 49.3 Å². The van der Waals surface area contributed by atoms with E-state index in [-0.39, 0.29) is 29.6 Å². The molecular weight excluding hydrogens is 836 g/mol. The summed E-state index contributed by atoms with van der Waals surface area (Å²) in [7, 11) is 3.31. The summed E-state index contributed by atoms with van der Waals surface area (Å²) in [6.45, 7) is 1.48. The first kappa shape index (κ1) is 46.6. The van der Waals surface area contributed by atoms with Gasteiger partial charge in [-0.3, -0.25) is 19.0 Å². The molecule has 7 aromatic rings. The minimum Gasteiger partial charge on any atom is -0.497 e. The van der Waals surface area contributed by atoms with E-state index in [1.807, 2.05) is 85.8 Å². The average Bonchev–Trinajstić information content (AvgIpc) is 4.13. The average molecular weight is 887 g/mol. The molecule has 334 valence electrons. The van der Waals surface area contributed by atoms with Crippen LogP contribution in [0.25, 0.3) is 11.3 Å². The smallest absolute Gasteiger partial charge is 0.224 e. The SMILES string of the molecule is C.CC[C@H]1O[C@@H](n2ccc(=O)c3nccn32)[C@H](O)[C@@H]1O.COc1ccc(C(Cl)(c2ccccc2)c2ccc(OC)cc2)cc1.O=c1ccn([C@@H]2O[C@H](CO)[C@@H](O)[C@H]2O)n2ccnc12. The first-order chi connectivity index (χ1) is 29.9. The van der Waals surface area contributed by atoms with Crippen molar-refractivity contribution in [1.82, 2.24) is 28.4 Å². The molecule has 0 radical (unpaired) electrons. The van der Waals surface area contributed by atoms with Crippen LogP contribution in [0.3, 0.4) is 0 Å². The number of hydrogen-bond acceptors (Lipinski definition) is 13.